The SMILES string of the molecule is CC[C@@]1(C)CC2(Cn3ncc(C4=CC=C(N5CCC/C(=C(C)/C(N)=N\c6nc7ccccc7s6)C5=N)NC4=C(O)O)c3C)CC(C)(C)CC(OCCN(C)C)(C2)C1. The number of nitrogens with zero attached hydrogens (tertiary/aromatic N) is 6. The van der Waals surface area contributed by atoms with Gasteiger partial charge in [0.2, 0.25) is 5.13 Å². The first-order valence-electron chi connectivity index (χ1n) is 20.3. The number of nitrogens with one attached hydrogen (secondary N) is 2. The van der Waals surface area contributed by atoms with Crippen LogP contribution in [-0.4, -0.2) is 85.8 Å². The van der Waals surface area contributed by atoms with Gasteiger partial charge in [0.05, 0.1) is 28.6 Å². The average Bonchev–Trinajstić information content (AvgIpc) is 3.71. The molecule has 4 heterocycles. The van der Waals surface area contributed by atoms with E-state index in [1.165, 1.54) is 11.3 Å². The van der Waals surface area contributed by atoms with Crippen molar-refractivity contribution in [2.24, 2.45) is 27.0 Å². The summed E-state index contributed by atoms with van der Waals surface area (Å²) in [5.74, 6) is 0.377. The molecule has 2 unspecified atom stereocenters. The monoisotopic (exact) mass is 795 g/mol. The van der Waals surface area contributed by atoms with Crippen molar-refractivity contribution in [3.05, 3.63) is 82.5 Å². The van der Waals surface area contributed by atoms with Crippen LogP contribution in [0.4, 0.5) is 5.13 Å². The number of likely N-dealkylation sites (tertiary alicyclic amines) is 1. The molecule has 12 nitrogen and oxygen atoms in total. The predicted molar refractivity (Wildman–Crippen MR) is 231 cm³/mol. The Morgan fingerprint density at radius 2 is 1.88 bits per heavy atom. The Labute approximate surface area is 341 Å². The third-order valence-corrected chi connectivity index (χ3v) is 13.7. The lowest BCUT2D eigenvalue weighted by molar-refractivity contribution is -0.200. The van der Waals surface area contributed by atoms with Crippen LogP contribution in [-0.2, 0) is 11.3 Å². The number of benzene rings is 1. The fourth-order valence-corrected chi connectivity index (χ4v) is 11.5. The van der Waals surface area contributed by atoms with E-state index in [0.29, 0.717) is 41.2 Å². The summed E-state index contributed by atoms with van der Waals surface area (Å²) < 4.78 is 10.1. The highest BCUT2D eigenvalue weighted by Gasteiger charge is 2.59. The number of nitrogens with two attached hydrogens (primary N) is 1. The molecular weight excluding hydrogens is 735 g/mol. The van der Waals surface area contributed by atoms with Gasteiger partial charge in [-0.1, -0.05) is 57.6 Å². The Balaban J connectivity index is 1.15. The van der Waals surface area contributed by atoms with Crippen molar-refractivity contribution >= 4 is 43.9 Å². The maximum Gasteiger partial charge on any atom is 0.299 e. The normalized spacial score (nSPS) is 27.4. The summed E-state index contributed by atoms with van der Waals surface area (Å²) in [6.07, 6.45) is 13.6. The van der Waals surface area contributed by atoms with E-state index >= 15 is 0 Å². The minimum Gasteiger partial charge on any atom is -0.480 e. The summed E-state index contributed by atoms with van der Waals surface area (Å²) >= 11 is 1.48. The number of thiazole rings is 1. The summed E-state index contributed by atoms with van der Waals surface area (Å²) in [5, 5.41) is 39.4. The van der Waals surface area contributed by atoms with Crippen LogP contribution in [0.5, 0.6) is 0 Å². The van der Waals surface area contributed by atoms with Crippen molar-refractivity contribution in [2.75, 3.05) is 33.8 Å². The lowest BCUT2D eigenvalue weighted by Crippen LogP contribution is -2.58. The van der Waals surface area contributed by atoms with Crippen molar-refractivity contribution in [3.8, 4) is 0 Å². The van der Waals surface area contributed by atoms with E-state index in [-0.39, 0.29) is 27.5 Å². The van der Waals surface area contributed by atoms with Crippen LogP contribution in [0, 0.1) is 28.6 Å². The smallest absolute Gasteiger partial charge is 0.299 e. The molecule has 0 radical (unpaired) electrons. The van der Waals surface area contributed by atoms with E-state index < -0.39 is 5.95 Å². The maximum absolute atomic E-state index is 10.7. The molecule has 0 amide bonds. The fourth-order valence-electron chi connectivity index (χ4n) is 10.7. The van der Waals surface area contributed by atoms with Crippen LogP contribution >= 0.6 is 11.3 Å². The van der Waals surface area contributed by atoms with Crippen LogP contribution in [0.2, 0.25) is 0 Å². The number of likely N-dealkylation sites (N-methyl/N-ethyl adjacent to an activating group) is 1. The molecular formula is C44H61N9O3S. The van der Waals surface area contributed by atoms with Crippen molar-refractivity contribution in [2.45, 2.75) is 105 Å². The van der Waals surface area contributed by atoms with Gasteiger partial charge in [-0.3, -0.25) is 10.1 Å². The third kappa shape index (κ3) is 8.29. The van der Waals surface area contributed by atoms with Gasteiger partial charge < -0.3 is 35.8 Å². The van der Waals surface area contributed by atoms with Gasteiger partial charge >= 0.3 is 0 Å². The van der Waals surface area contributed by atoms with Gasteiger partial charge in [-0.15, -0.1) is 0 Å². The Hall–Kier alpha value is -4.46. The Morgan fingerprint density at radius 3 is 2.60 bits per heavy atom. The molecule has 6 N–H and O–H groups in total. The summed E-state index contributed by atoms with van der Waals surface area (Å²) in [4.78, 5) is 13.3. The summed E-state index contributed by atoms with van der Waals surface area (Å²) in [6, 6.07) is 7.89. The van der Waals surface area contributed by atoms with Crippen molar-refractivity contribution in [1.82, 2.24) is 29.9 Å². The number of rotatable bonds is 11. The largest absolute Gasteiger partial charge is 0.480 e. The number of aliphatic hydroxyl groups is 2. The number of aromatic nitrogens is 3. The first-order chi connectivity index (χ1) is 26.9. The minimum atomic E-state index is -0.819. The van der Waals surface area contributed by atoms with Crippen LogP contribution < -0.4 is 11.1 Å². The Morgan fingerprint density at radius 1 is 1.11 bits per heavy atom. The fraction of sp³-hybridized carbons (Fsp3) is 0.545. The van der Waals surface area contributed by atoms with E-state index in [2.05, 4.69) is 73.6 Å². The van der Waals surface area contributed by atoms with E-state index in [9.17, 15) is 15.6 Å². The number of aliphatic imine (C=N–C) groups is 1. The zero-order valence-electron chi connectivity index (χ0n) is 35.0. The topological polar surface area (TPSA) is 161 Å². The van der Waals surface area contributed by atoms with Crippen LogP contribution in [0.15, 0.2) is 76.2 Å². The van der Waals surface area contributed by atoms with E-state index in [0.717, 1.165) is 97.3 Å². The second-order valence-corrected chi connectivity index (χ2v) is 19.5. The van der Waals surface area contributed by atoms with Gasteiger partial charge in [0.25, 0.3) is 5.95 Å². The third-order valence-electron chi connectivity index (χ3n) is 12.7. The molecule has 2 aliphatic carbocycles. The number of amidine groups is 2. The Kier molecular flexibility index (Phi) is 11.0. The molecule has 3 aromatic rings. The molecule has 2 bridgehead atoms. The second-order valence-electron chi connectivity index (χ2n) is 18.5. The van der Waals surface area contributed by atoms with E-state index in [1.54, 1.807) is 0 Å². The molecule has 3 atom stereocenters. The predicted octanol–water partition coefficient (Wildman–Crippen LogP) is 8.72. The van der Waals surface area contributed by atoms with Crippen LogP contribution in [0.1, 0.15) is 97.2 Å². The summed E-state index contributed by atoms with van der Waals surface area (Å²) in [7, 11) is 4.20. The zero-order chi connectivity index (χ0) is 40.9. The maximum atomic E-state index is 10.7. The lowest BCUT2D eigenvalue weighted by atomic mass is 9.47. The second kappa shape index (κ2) is 15.4. The first-order valence-corrected chi connectivity index (χ1v) is 21.1. The number of dihydropyridines is 1. The van der Waals surface area contributed by atoms with Gasteiger partial charge in [-0.2, -0.15) is 5.10 Å². The number of hydrogen-bond donors (Lipinski definition) is 5. The van der Waals surface area contributed by atoms with Gasteiger partial charge in [-0.05, 0) is 119 Å². The van der Waals surface area contributed by atoms with Gasteiger partial charge in [0.1, 0.15) is 23.2 Å². The molecule has 1 saturated heterocycles. The van der Waals surface area contributed by atoms with Gasteiger partial charge in [-0.25, -0.2) is 9.98 Å². The number of piperidine rings is 1. The number of para-hydroxylation sites is 1. The van der Waals surface area contributed by atoms with Crippen molar-refractivity contribution in [3.63, 3.8) is 0 Å². The van der Waals surface area contributed by atoms with E-state index in [1.807, 2.05) is 54.4 Å². The lowest BCUT2D eigenvalue weighted by Gasteiger charge is -2.62. The quantitative estimate of drug-likeness (QED) is 0.0727. The first kappa shape index (κ1) is 40.7. The van der Waals surface area contributed by atoms with Gasteiger partial charge in [0, 0.05) is 42.0 Å². The highest BCUT2D eigenvalue weighted by molar-refractivity contribution is 7.22. The molecule has 306 valence electrons. The molecule has 13 heteroatoms. The molecule has 2 aliphatic heterocycles. The number of hydrogen-bond acceptors (Lipinski definition) is 10. The molecule has 4 aliphatic rings. The molecule has 3 fully saturated rings. The highest BCUT2D eigenvalue weighted by atomic mass is 32.1. The number of ether oxygens (including phenoxy) is 1. The molecule has 57 heavy (non-hydrogen) atoms. The summed E-state index contributed by atoms with van der Waals surface area (Å²) in [6.45, 7) is 16.5. The average molecular weight is 796 g/mol. The minimum absolute atomic E-state index is 0.00144. The van der Waals surface area contributed by atoms with Crippen molar-refractivity contribution < 1.29 is 14.9 Å². The van der Waals surface area contributed by atoms with Crippen LogP contribution in [0.3, 0.4) is 0 Å². The standard InChI is InChI=1S/C44H61N9O3S/c1-9-42(6)24-43(22-41(4,5)23-44(25-42,26-43)56-20-19-51(7)8)27-53-29(3)32(21-47-53)31-16-17-35(49-36(31)39(54)55)52-18-12-13-30(38(52)46)28(2)37(45)50-40-48-33-14-10-11-15-34(33)57-40/h10-11,14-17,21,46,49,54-55H,9,12-13,18-20,22-27H2,1-8H3,(H2,45,48,50)/b30-28-,46-38?/t42-,43?,44?/m0/s1. The highest BCUT2D eigenvalue weighted by Crippen LogP contribution is 2.64. The molecule has 2 aromatic heterocycles. The van der Waals surface area contributed by atoms with Gasteiger partial charge in [0.15, 0.2) is 0 Å². The molecule has 7 rings (SSSR count). The zero-order valence-corrected chi connectivity index (χ0v) is 35.8. The summed E-state index contributed by atoms with van der Waals surface area (Å²) in [5.41, 5.74) is 11.6. The van der Waals surface area contributed by atoms with Crippen LogP contribution in [0.25, 0.3) is 15.8 Å². The Bertz CT molecular complexity index is 2170. The molecule has 1 aromatic carbocycles. The van der Waals surface area contributed by atoms with E-state index in [4.69, 9.17) is 15.6 Å². The number of fused-ring (bicyclic) bond motifs is 3. The molecule has 2 saturated carbocycles. The number of allylic oxidation sites excluding steroid dienone is 3. The number of aliphatic hydroxyl groups excluding tert-OH is 1. The molecule has 0 spiro atoms. The van der Waals surface area contributed by atoms with Crippen molar-refractivity contribution in [1.29, 1.82) is 5.41 Å².